The first-order valence-electron chi connectivity index (χ1n) is 13.3. The fraction of sp³-hybridized carbons (Fsp3) is 0.0909. The number of benzene rings is 4. The van der Waals surface area contributed by atoms with E-state index < -0.39 is 38.2 Å². The summed E-state index contributed by atoms with van der Waals surface area (Å²) in [5.41, 5.74) is 2.38. The fourth-order valence-electron chi connectivity index (χ4n) is 4.53. The van der Waals surface area contributed by atoms with E-state index in [-0.39, 0.29) is 5.56 Å². The number of aromatic nitrogens is 2. The Balaban J connectivity index is 1.39. The maximum absolute atomic E-state index is 13.1. The van der Waals surface area contributed by atoms with E-state index in [0.717, 1.165) is 29.3 Å². The Bertz CT molecular complexity index is 2010. The van der Waals surface area contributed by atoms with Gasteiger partial charge in [-0.2, -0.15) is 13.2 Å². The van der Waals surface area contributed by atoms with Gasteiger partial charge in [0.2, 0.25) is 0 Å². The molecular formula is C33H23Cl2F3N2O4S. The number of halogens is 5. The van der Waals surface area contributed by atoms with Crippen LogP contribution in [0.4, 0.5) is 13.2 Å². The Kier molecular flexibility index (Phi) is 9.20. The molecule has 0 fully saturated rings. The van der Waals surface area contributed by atoms with Crippen LogP contribution in [0.5, 0.6) is 0 Å². The molecule has 1 N–H and O–H groups in total. The lowest BCUT2D eigenvalue weighted by atomic mass is 10.1. The van der Waals surface area contributed by atoms with Gasteiger partial charge in [-0.15, -0.1) is 0 Å². The lowest BCUT2D eigenvalue weighted by Gasteiger charge is -2.10. The zero-order valence-electron chi connectivity index (χ0n) is 23.2. The van der Waals surface area contributed by atoms with Crippen LogP contribution in [0.1, 0.15) is 38.4 Å². The lowest BCUT2D eigenvalue weighted by Crippen LogP contribution is -2.09. The van der Waals surface area contributed by atoms with Crippen LogP contribution in [0.2, 0.25) is 10.0 Å². The van der Waals surface area contributed by atoms with E-state index in [4.69, 9.17) is 28.2 Å². The van der Waals surface area contributed by atoms with Gasteiger partial charge in [-0.25, -0.2) is 18.2 Å². The molecule has 5 aromatic rings. The summed E-state index contributed by atoms with van der Waals surface area (Å²) in [7, 11) is -4.02. The third-order valence-electron chi connectivity index (χ3n) is 6.85. The summed E-state index contributed by atoms with van der Waals surface area (Å²) < 4.78 is 66.8. The van der Waals surface area contributed by atoms with Gasteiger partial charge in [-0.1, -0.05) is 71.7 Å². The van der Waals surface area contributed by atoms with Crippen molar-refractivity contribution in [1.29, 1.82) is 0 Å². The number of imidazole rings is 1. The van der Waals surface area contributed by atoms with Crippen molar-refractivity contribution >= 4 is 51.2 Å². The summed E-state index contributed by atoms with van der Waals surface area (Å²) >= 11 is 12.5. The van der Waals surface area contributed by atoms with Gasteiger partial charge in [0.25, 0.3) is 0 Å². The molecule has 0 spiro atoms. The first-order chi connectivity index (χ1) is 21.3. The molecular weight excluding hydrogens is 648 g/mol. The molecule has 0 aliphatic carbocycles. The highest BCUT2D eigenvalue weighted by molar-refractivity contribution is 7.90. The summed E-state index contributed by atoms with van der Waals surface area (Å²) in [6.07, 6.45) is 0.723. The van der Waals surface area contributed by atoms with Crippen LogP contribution in [-0.4, -0.2) is 29.0 Å². The van der Waals surface area contributed by atoms with Gasteiger partial charge in [0.15, 0.2) is 9.84 Å². The molecule has 5 rings (SSSR count). The van der Waals surface area contributed by atoms with Crippen LogP contribution in [0, 0.1) is 0 Å². The molecule has 0 radical (unpaired) electrons. The van der Waals surface area contributed by atoms with Crippen LogP contribution in [-0.2, 0) is 28.3 Å². The predicted octanol–water partition coefficient (Wildman–Crippen LogP) is 8.77. The van der Waals surface area contributed by atoms with E-state index in [0.29, 0.717) is 45.3 Å². The number of aromatic carboxylic acids is 1. The number of carboxylic acid groups (broad SMARTS) is 1. The van der Waals surface area contributed by atoms with E-state index in [1.807, 2.05) is 10.8 Å². The summed E-state index contributed by atoms with van der Waals surface area (Å²) in [6, 6.07) is 21.9. The molecule has 230 valence electrons. The molecule has 1 aromatic heterocycles. The van der Waals surface area contributed by atoms with Crippen molar-refractivity contribution in [1.82, 2.24) is 9.55 Å². The number of hydrogen-bond donors (Lipinski definition) is 1. The highest BCUT2D eigenvalue weighted by Crippen LogP contribution is 2.32. The van der Waals surface area contributed by atoms with Crippen molar-refractivity contribution < 1.29 is 31.5 Å². The first-order valence-corrected chi connectivity index (χ1v) is 15.7. The van der Waals surface area contributed by atoms with Gasteiger partial charge >= 0.3 is 12.1 Å². The van der Waals surface area contributed by atoms with Gasteiger partial charge < -0.3 is 9.67 Å². The van der Waals surface area contributed by atoms with Crippen molar-refractivity contribution in [2.75, 3.05) is 0 Å². The summed E-state index contributed by atoms with van der Waals surface area (Å²) in [5, 5.41) is 10.1. The maximum Gasteiger partial charge on any atom is 0.416 e. The summed E-state index contributed by atoms with van der Waals surface area (Å²) in [6.45, 7) is 0.379. The number of carbonyl (C=O) groups is 1. The quantitative estimate of drug-likeness (QED) is 0.169. The predicted molar refractivity (Wildman–Crippen MR) is 168 cm³/mol. The average molecular weight is 672 g/mol. The largest absolute Gasteiger partial charge is 0.478 e. The van der Waals surface area contributed by atoms with Crippen LogP contribution in [0.25, 0.3) is 23.4 Å². The van der Waals surface area contributed by atoms with Crippen molar-refractivity contribution in [3.63, 3.8) is 0 Å². The van der Waals surface area contributed by atoms with Crippen LogP contribution in [0.3, 0.4) is 0 Å². The van der Waals surface area contributed by atoms with E-state index in [1.54, 1.807) is 66.7 Å². The van der Waals surface area contributed by atoms with Crippen LogP contribution < -0.4 is 0 Å². The summed E-state index contributed by atoms with van der Waals surface area (Å²) in [4.78, 5) is 15.6. The Hall–Kier alpha value is -4.38. The first kappa shape index (κ1) is 32.0. The van der Waals surface area contributed by atoms with Crippen LogP contribution >= 0.6 is 23.2 Å². The Morgan fingerprint density at radius 2 is 1.58 bits per heavy atom. The minimum Gasteiger partial charge on any atom is -0.478 e. The Labute approximate surface area is 266 Å². The molecule has 1 heterocycles. The SMILES string of the molecule is O=C(O)c1ccc(Cn2cc(-c3ccc(Cl)cc3Cl)nc2/C=C/c2ccc(CS(=O)(=O)c3cccc(C(F)(F)F)c3)cc2)cc1. The molecule has 0 amide bonds. The van der Waals surface area contributed by atoms with E-state index in [2.05, 4.69) is 0 Å². The lowest BCUT2D eigenvalue weighted by molar-refractivity contribution is -0.137. The van der Waals surface area contributed by atoms with Crippen molar-refractivity contribution in [2.24, 2.45) is 0 Å². The maximum atomic E-state index is 13.1. The molecule has 12 heteroatoms. The molecule has 0 saturated heterocycles. The second kappa shape index (κ2) is 12.9. The number of hydrogen-bond acceptors (Lipinski definition) is 4. The van der Waals surface area contributed by atoms with Gasteiger partial charge in [-0.05, 0) is 71.3 Å². The standard InChI is InChI=1S/C33H23Cl2F3N2O4S/c34-26-13-14-28(29(35)17-26)30-19-40(18-22-8-11-24(12-9-22)32(41)42)31(39-30)15-10-21-4-6-23(7-5-21)20-45(43,44)27-3-1-2-25(16-27)33(36,37)38/h1-17,19H,18,20H2,(H,41,42)/b15-10+. The monoisotopic (exact) mass is 670 g/mol. The van der Waals surface area contributed by atoms with Gasteiger partial charge in [0, 0.05) is 23.3 Å². The zero-order chi connectivity index (χ0) is 32.4. The summed E-state index contributed by atoms with van der Waals surface area (Å²) in [5.74, 6) is -0.921. The fourth-order valence-corrected chi connectivity index (χ4v) is 6.43. The Morgan fingerprint density at radius 1 is 0.889 bits per heavy atom. The third kappa shape index (κ3) is 7.83. The normalized spacial score (nSPS) is 12.1. The van der Waals surface area contributed by atoms with E-state index >= 15 is 0 Å². The van der Waals surface area contributed by atoms with E-state index in [1.165, 1.54) is 12.1 Å². The highest BCUT2D eigenvalue weighted by atomic mass is 35.5. The second-order valence-corrected chi connectivity index (χ2v) is 12.9. The second-order valence-electron chi connectivity index (χ2n) is 10.1. The molecule has 0 bridgehead atoms. The molecule has 0 aliphatic rings. The minimum absolute atomic E-state index is 0.171. The highest BCUT2D eigenvalue weighted by Gasteiger charge is 2.31. The van der Waals surface area contributed by atoms with Gasteiger partial charge in [0.1, 0.15) is 5.82 Å². The number of alkyl halides is 3. The van der Waals surface area contributed by atoms with Gasteiger partial charge in [0.05, 0.1) is 32.5 Å². The van der Waals surface area contributed by atoms with Gasteiger partial charge in [-0.3, -0.25) is 0 Å². The topological polar surface area (TPSA) is 89.3 Å². The molecule has 0 unspecified atom stereocenters. The third-order valence-corrected chi connectivity index (χ3v) is 9.08. The van der Waals surface area contributed by atoms with Crippen molar-refractivity contribution in [3.8, 4) is 11.3 Å². The van der Waals surface area contributed by atoms with Crippen molar-refractivity contribution in [3.05, 3.63) is 141 Å². The minimum atomic E-state index is -4.65. The molecule has 0 saturated carbocycles. The van der Waals surface area contributed by atoms with Crippen molar-refractivity contribution in [2.45, 2.75) is 23.4 Å². The molecule has 4 aromatic carbocycles. The molecule has 0 aliphatic heterocycles. The Morgan fingerprint density at radius 3 is 2.22 bits per heavy atom. The van der Waals surface area contributed by atoms with E-state index in [9.17, 15) is 31.5 Å². The van der Waals surface area contributed by atoms with Crippen LogP contribution in [0.15, 0.2) is 102 Å². The smallest absolute Gasteiger partial charge is 0.416 e. The number of nitrogens with zero attached hydrogens (tertiary/aromatic N) is 2. The number of rotatable bonds is 9. The molecule has 0 atom stereocenters. The average Bonchev–Trinajstić information content (AvgIpc) is 3.38. The number of carboxylic acids is 1. The molecule has 6 nitrogen and oxygen atoms in total. The molecule has 45 heavy (non-hydrogen) atoms. The number of sulfone groups is 1. The zero-order valence-corrected chi connectivity index (χ0v) is 25.5.